The van der Waals surface area contributed by atoms with Crippen molar-refractivity contribution in [1.29, 1.82) is 0 Å². The average Bonchev–Trinajstić information content (AvgIpc) is 2.98. The first-order chi connectivity index (χ1) is 10.1. The number of H-pyrrole nitrogens is 1. The Balaban J connectivity index is 1.85. The normalized spacial score (nSPS) is 11.8. The van der Waals surface area contributed by atoms with Gasteiger partial charge in [-0.05, 0) is 18.1 Å². The largest absolute Gasteiger partial charge is 0.480 e. The van der Waals surface area contributed by atoms with Gasteiger partial charge in [-0.15, -0.1) is 0 Å². The van der Waals surface area contributed by atoms with E-state index in [2.05, 4.69) is 20.3 Å². The fourth-order valence-corrected chi connectivity index (χ4v) is 1.89. The Morgan fingerprint density at radius 2 is 2.19 bits per heavy atom. The molecule has 7 heteroatoms. The zero-order chi connectivity index (χ0) is 15.1. The monoisotopic (exact) mass is 288 g/mol. The van der Waals surface area contributed by atoms with Gasteiger partial charge in [0.2, 0.25) is 5.91 Å². The average molecular weight is 288 g/mol. The number of aliphatic carboxylic acids is 1. The quantitative estimate of drug-likeness (QED) is 0.689. The summed E-state index contributed by atoms with van der Waals surface area (Å²) in [7, 11) is 0. The van der Waals surface area contributed by atoms with E-state index in [1.165, 1.54) is 12.5 Å². The Labute approximate surface area is 121 Å². The third-order valence-electron chi connectivity index (χ3n) is 2.98. The van der Waals surface area contributed by atoms with Crippen molar-refractivity contribution in [3.63, 3.8) is 0 Å². The van der Waals surface area contributed by atoms with Crippen molar-refractivity contribution >= 4 is 11.9 Å². The smallest absolute Gasteiger partial charge is 0.326 e. The van der Waals surface area contributed by atoms with Crippen LogP contribution in [0.5, 0.6) is 0 Å². The number of nitrogens with zero attached hydrogens (tertiary/aromatic N) is 2. The molecule has 0 aliphatic carbocycles. The molecule has 0 bridgehead atoms. The molecular formula is C14H16N4O3. The van der Waals surface area contributed by atoms with Gasteiger partial charge in [-0.2, -0.15) is 0 Å². The summed E-state index contributed by atoms with van der Waals surface area (Å²) in [5.41, 5.74) is 1.60. The first-order valence-corrected chi connectivity index (χ1v) is 6.53. The molecule has 0 radical (unpaired) electrons. The van der Waals surface area contributed by atoms with E-state index < -0.39 is 12.0 Å². The SMILES string of the molecule is O=C(CCc1cccnc1)N[C@H](Cc1cnc[nH]1)C(=O)O. The van der Waals surface area contributed by atoms with E-state index in [1.807, 2.05) is 6.07 Å². The first kappa shape index (κ1) is 14.7. The number of pyridine rings is 1. The summed E-state index contributed by atoms with van der Waals surface area (Å²) in [4.78, 5) is 33.6. The lowest BCUT2D eigenvalue weighted by molar-refractivity contribution is -0.141. The highest BCUT2D eigenvalue weighted by atomic mass is 16.4. The molecule has 2 aromatic rings. The van der Waals surface area contributed by atoms with Crippen LogP contribution in [-0.4, -0.2) is 38.0 Å². The molecule has 0 saturated heterocycles. The van der Waals surface area contributed by atoms with Crippen molar-refractivity contribution in [2.75, 3.05) is 0 Å². The fourth-order valence-electron chi connectivity index (χ4n) is 1.89. The number of aromatic nitrogens is 3. The van der Waals surface area contributed by atoms with Gasteiger partial charge in [0.1, 0.15) is 6.04 Å². The summed E-state index contributed by atoms with van der Waals surface area (Å²) in [6, 6.07) is 2.71. The molecule has 0 fully saturated rings. The highest BCUT2D eigenvalue weighted by Gasteiger charge is 2.20. The molecule has 0 aliphatic heterocycles. The molecule has 3 N–H and O–H groups in total. The summed E-state index contributed by atoms with van der Waals surface area (Å²) < 4.78 is 0. The number of hydrogen-bond acceptors (Lipinski definition) is 4. The van der Waals surface area contributed by atoms with Crippen LogP contribution in [0.3, 0.4) is 0 Å². The third kappa shape index (κ3) is 4.72. The number of nitrogens with one attached hydrogen (secondary N) is 2. The molecule has 0 aliphatic rings. The van der Waals surface area contributed by atoms with Crippen LogP contribution in [-0.2, 0) is 22.4 Å². The Hall–Kier alpha value is -2.70. The fraction of sp³-hybridized carbons (Fsp3) is 0.286. The molecule has 0 spiro atoms. The van der Waals surface area contributed by atoms with E-state index >= 15 is 0 Å². The molecule has 1 atom stereocenters. The lowest BCUT2D eigenvalue weighted by Crippen LogP contribution is -2.42. The molecule has 0 saturated carbocycles. The molecule has 2 heterocycles. The Bertz CT molecular complexity index is 584. The van der Waals surface area contributed by atoms with Crippen LogP contribution in [0.1, 0.15) is 17.7 Å². The molecule has 2 rings (SSSR count). The highest BCUT2D eigenvalue weighted by molar-refractivity contribution is 5.83. The van der Waals surface area contributed by atoms with Gasteiger partial charge in [-0.1, -0.05) is 6.07 Å². The Morgan fingerprint density at radius 3 is 2.81 bits per heavy atom. The van der Waals surface area contributed by atoms with Crippen LogP contribution in [0.2, 0.25) is 0 Å². The van der Waals surface area contributed by atoms with Crippen LogP contribution in [0.4, 0.5) is 0 Å². The van der Waals surface area contributed by atoms with Crippen LogP contribution in [0, 0.1) is 0 Å². The zero-order valence-electron chi connectivity index (χ0n) is 11.3. The van der Waals surface area contributed by atoms with Crippen molar-refractivity contribution in [2.24, 2.45) is 0 Å². The van der Waals surface area contributed by atoms with E-state index in [4.69, 9.17) is 5.11 Å². The summed E-state index contributed by atoms with van der Waals surface area (Å²) >= 11 is 0. The van der Waals surface area contributed by atoms with Crippen LogP contribution >= 0.6 is 0 Å². The topological polar surface area (TPSA) is 108 Å². The van der Waals surface area contributed by atoms with E-state index in [0.717, 1.165) is 5.56 Å². The lowest BCUT2D eigenvalue weighted by Gasteiger charge is -2.13. The lowest BCUT2D eigenvalue weighted by atomic mass is 10.1. The molecule has 1 amide bonds. The van der Waals surface area contributed by atoms with Crippen LogP contribution < -0.4 is 5.32 Å². The van der Waals surface area contributed by atoms with Gasteiger partial charge in [0.15, 0.2) is 0 Å². The molecular weight excluding hydrogens is 272 g/mol. The number of carbonyl (C=O) groups is 2. The Kier molecular flexibility index (Phi) is 5.03. The molecule has 0 unspecified atom stereocenters. The third-order valence-corrected chi connectivity index (χ3v) is 2.98. The van der Waals surface area contributed by atoms with Gasteiger partial charge in [-0.3, -0.25) is 9.78 Å². The van der Waals surface area contributed by atoms with Gasteiger partial charge in [-0.25, -0.2) is 9.78 Å². The second-order valence-electron chi connectivity index (χ2n) is 4.60. The molecule has 7 nitrogen and oxygen atoms in total. The standard InChI is InChI=1S/C14H16N4O3/c19-13(4-3-10-2-1-5-15-7-10)18-12(14(20)21)6-11-8-16-9-17-11/h1-2,5,7-9,12H,3-4,6H2,(H,16,17)(H,18,19)(H,20,21)/t12-/m1/s1. The maximum absolute atomic E-state index is 11.8. The number of imidazole rings is 1. The molecule has 0 aromatic carbocycles. The number of aryl methyl sites for hydroxylation is 1. The summed E-state index contributed by atoms with van der Waals surface area (Å²) in [6.45, 7) is 0. The van der Waals surface area contributed by atoms with Crippen molar-refractivity contribution in [2.45, 2.75) is 25.3 Å². The van der Waals surface area contributed by atoms with Gasteiger partial charge in [0.05, 0.1) is 6.33 Å². The number of carbonyl (C=O) groups excluding carboxylic acids is 1. The summed E-state index contributed by atoms with van der Waals surface area (Å²) in [5, 5.41) is 11.7. The van der Waals surface area contributed by atoms with Crippen molar-refractivity contribution in [1.82, 2.24) is 20.3 Å². The maximum atomic E-state index is 11.8. The second-order valence-corrected chi connectivity index (χ2v) is 4.60. The van der Waals surface area contributed by atoms with Gasteiger partial charge in [0.25, 0.3) is 0 Å². The predicted molar refractivity (Wildman–Crippen MR) is 74.4 cm³/mol. The number of amides is 1. The zero-order valence-corrected chi connectivity index (χ0v) is 11.3. The van der Waals surface area contributed by atoms with Gasteiger partial charge in [0, 0.05) is 37.1 Å². The second kappa shape index (κ2) is 7.18. The number of hydrogen-bond donors (Lipinski definition) is 3. The van der Waals surface area contributed by atoms with Crippen LogP contribution in [0.15, 0.2) is 37.1 Å². The van der Waals surface area contributed by atoms with E-state index in [1.54, 1.807) is 18.5 Å². The first-order valence-electron chi connectivity index (χ1n) is 6.53. The van der Waals surface area contributed by atoms with Gasteiger partial charge >= 0.3 is 5.97 Å². The minimum absolute atomic E-state index is 0.175. The molecule has 110 valence electrons. The number of aromatic amines is 1. The van der Waals surface area contributed by atoms with Crippen molar-refractivity contribution in [3.8, 4) is 0 Å². The number of carboxylic acids is 1. The maximum Gasteiger partial charge on any atom is 0.326 e. The summed E-state index contributed by atoms with van der Waals surface area (Å²) in [6.07, 6.45) is 7.28. The van der Waals surface area contributed by atoms with E-state index in [0.29, 0.717) is 12.1 Å². The minimum Gasteiger partial charge on any atom is -0.480 e. The Morgan fingerprint density at radius 1 is 1.33 bits per heavy atom. The predicted octanol–water partition coefficient (Wildman–Crippen LogP) is 0.549. The molecule has 2 aromatic heterocycles. The van der Waals surface area contributed by atoms with Crippen molar-refractivity contribution < 1.29 is 14.7 Å². The highest BCUT2D eigenvalue weighted by Crippen LogP contribution is 2.03. The number of carboxylic acid groups (broad SMARTS) is 1. The van der Waals surface area contributed by atoms with E-state index in [-0.39, 0.29) is 18.7 Å². The minimum atomic E-state index is -1.07. The molecule has 21 heavy (non-hydrogen) atoms. The van der Waals surface area contributed by atoms with E-state index in [9.17, 15) is 9.59 Å². The van der Waals surface area contributed by atoms with Crippen LogP contribution in [0.25, 0.3) is 0 Å². The van der Waals surface area contributed by atoms with Gasteiger partial charge < -0.3 is 15.4 Å². The summed E-state index contributed by atoms with van der Waals surface area (Å²) in [5.74, 6) is -1.37. The van der Waals surface area contributed by atoms with Crippen molar-refractivity contribution in [3.05, 3.63) is 48.3 Å². The number of rotatable bonds is 7.